The van der Waals surface area contributed by atoms with Crippen LogP contribution in [0.25, 0.3) is 0 Å². The molecule has 0 aromatic carbocycles. The molecule has 8 heteroatoms. The molecule has 0 amide bonds. The van der Waals surface area contributed by atoms with Crippen molar-refractivity contribution < 1.29 is 9.90 Å². The van der Waals surface area contributed by atoms with E-state index in [4.69, 9.17) is 5.11 Å². The maximum atomic E-state index is 10.7. The molecule has 0 aliphatic heterocycles. The Morgan fingerprint density at radius 1 is 1.45 bits per heavy atom. The van der Waals surface area contributed by atoms with E-state index in [1.54, 1.807) is 11.3 Å². The van der Waals surface area contributed by atoms with Crippen LogP contribution in [-0.2, 0) is 24.2 Å². The fourth-order valence-corrected chi connectivity index (χ4v) is 3.07. The van der Waals surface area contributed by atoms with Gasteiger partial charge in [0.25, 0.3) is 0 Å². The van der Waals surface area contributed by atoms with Gasteiger partial charge in [-0.3, -0.25) is 4.79 Å². The number of hydrogen-bond donors (Lipinski definition) is 1. The standard InChI is InChI=1S/C12H16N4O2S2/c1-2-3-10-14-15-12(20-7-11(17)18)16(10)5-4-9-6-19-8-13-9/h6,8H,2-5,7H2,1H3,(H,17,18). The van der Waals surface area contributed by atoms with Gasteiger partial charge in [-0.15, -0.1) is 21.5 Å². The minimum atomic E-state index is -0.846. The number of aryl methyl sites for hydroxylation is 2. The van der Waals surface area contributed by atoms with Crippen LogP contribution >= 0.6 is 23.1 Å². The number of nitrogens with zero attached hydrogens (tertiary/aromatic N) is 4. The summed E-state index contributed by atoms with van der Waals surface area (Å²) in [6.45, 7) is 2.82. The van der Waals surface area contributed by atoms with Crippen molar-refractivity contribution in [2.24, 2.45) is 0 Å². The van der Waals surface area contributed by atoms with Crippen LogP contribution < -0.4 is 0 Å². The van der Waals surface area contributed by atoms with E-state index in [0.29, 0.717) is 5.16 Å². The third-order valence-corrected chi connectivity index (χ3v) is 4.25. The van der Waals surface area contributed by atoms with Crippen LogP contribution in [0.3, 0.4) is 0 Å². The molecule has 0 fully saturated rings. The Bertz CT molecular complexity index is 554. The minimum Gasteiger partial charge on any atom is -0.481 e. The summed E-state index contributed by atoms with van der Waals surface area (Å²) in [5.74, 6) is 0.0674. The van der Waals surface area contributed by atoms with Crippen LogP contribution in [0.2, 0.25) is 0 Å². The number of carboxylic acid groups (broad SMARTS) is 1. The highest BCUT2D eigenvalue weighted by atomic mass is 32.2. The van der Waals surface area contributed by atoms with Gasteiger partial charge in [0.2, 0.25) is 0 Å². The van der Waals surface area contributed by atoms with E-state index < -0.39 is 5.97 Å². The zero-order valence-electron chi connectivity index (χ0n) is 11.2. The van der Waals surface area contributed by atoms with Crippen LogP contribution in [0.4, 0.5) is 0 Å². The average Bonchev–Trinajstić information content (AvgIpc) is 3.04. The molecule has 2 aromatic rings. The van der Waals surface area contributed by atoms with Crippen LogP contribution in [0.15, 0.2) is 16.0 Å². The van der Waals surface area contributed by atoms with Crippen LogP contribution in [0.1, 0.15) is 24.9 Å². The molecule has 1 N–H and O–H groups in total. The Hall–Kier alpha value is -1.41. The third kappa shape index (κ3) is 4.04. The first-order valence-electron chi connectivity index (χ1n) is 6.34. The van der Waals surface area contributed by atoms with Gasteiger partial charge >= 0.3 is 5.97 Å². The van der Waals surface area contributed by atoms with Gasteiger partial charge in [-0.25, -0.2) is 4.98 Å². The largest absolute Gasteiger partial charge is 0.481 e. The van der Waals surface area contributed by atoms with E-state index in [1.165, 1.54) is 11.8 Å². The van der Waals surface area contributed by atoms with Crippen molar-refractivity contribution in [1.82, 2.24) is 19.7 Å². The topological polar surface area (TPSA) is 80.9 Å². The summed E-state index contributed by atoms with van der Waals surface area (Å²) in [7, 11) is 0. The summed E-state index contributed by atoms with van der Waals surface area (Å²) in [6.07, 6.45) is 2.63. The van der Waals surface area contributed by atoms with Gasteiger partial charge in [-0.05, 0) is 6.42 Å². The van der Waals surface area contributed by atoms with Gasteiger partial charge in [0, 0.05) is 24.8 Å². The Morgan fingerprint density at radius 2 is 2.30 bits per heavy atom. The van der Waals surface area contributed by atoms with Crippen molar-refractivity contribution in [3.8, 4) is 0 Å². The Kier molecular flexibility index (Phi) is 5.54. The summed E-state index contributed by atoms with van der Waals surface area (Å²) in [4.78, 5) is 14.9. The SMILES string of the molecule is CCCc1nnc(SCC(=O)O)n1CCc1cscn1. The zero-order valence-corrected chi connectivity index (χ0v) is 12.8. The summed E-state index contributed by atoms with van der Waals surface area (Å²) in [6, 6.07) is 0. The summed E-state index contributed by atoms with van der Waals surface area (Å²) < 4.78 is 2.01. The van der Waals surface area contributed by atoms with E-state index in [-0.39, 0.29) is 5.75 Å². The van der Waals surface area contributed by atoms with Gasteiger partial charge < -0.3 is 9.67 Å². The average molecular weight is 312 g/mol. The van der Waals surface area contributed by atoms with E-state index >= 15 is 0 Å². The van der Waals surface area contributed by atoms with Crippen molar-refractivity contribution in [1.29, 1.82) is 0 Å². The first-order chi connectivity index (χ1) is 9.70. The molecule has 2 heterocycles. The zero-order chi connectivity index (χ0) is 14.4. The molecule has 0 aliphatic carbocycles. The molecule has 6 nitrogen and oxygen atoms in total. The second-order valence-corrected chi connectivity index (χ2v) is 5.87. The highest BCUT2D eigenvalue weighted by molar-refractivity contribution is 7.99. The van der Waals surface area contributed by atoms with Crippen molar-refractivity contribution >= 4 is 29.1 Å². The van der Waals surface area contributed by atoms with Crippen molar-refractivity contribution in [2.45, 2.75) is 37.9 Å². The highest BCUT2D eigenvalue weighted by Gasteiger charge is 2.13. The molecule has 0 atom stereocenters. The lowest BCUT2D eigenvalue weighted by atomic mass is 10.3. The molecule has 108 valence electrons. The van der Waals surface area contributed by atoms with Gasteiger partial charge in [0.1, 0.15) is 5.82 Å². The fourth-order valence-electron chi connectivity index (χ4n) is 1.77. The summed E-state index contributed by atoms with van der Waals surface area (Å²) in [5, 5.41) is 19.7. The molecule has 2 aromatic heterocycles. The second kappa shape index (κ2) is 7.39. The van der Waals surface area contributed by atoms with E-state index in [9.17, 15) is 4.79 Å². The Morgan fingerprint density at radius 3 is 2.95 bits per heavy atom. The first kappa shape index (κ1) is 15.0. The maximum Gasteiger partial charge on any atom is 0.313 e. The molecular formula is C12H16N4O2S2. The number of aliphatic carboxylic acids is 1. The molecular weight excluding hydrogens is 296 g/mol. The number of thiazole rings is 1. The molecule has 0 saturated heterocycles. The van der Waals surface area contributed by atoms with Gasteiger partial charge in [0.15, 0.2) is 5.16 Å². The molecule has 0 unspecified atom stereocenters. The maximum absolute atomic E-state index is 10.7. The molecule has 2 rings (SSSR count). The molecule has 0 bridgehead atoms. The molecule has 0 aliphatic rings. The molecule has 0 spiro atoms. The number of rotatable bonds is 8. The van der Waals surface area contributed by atoms with E-state index in [0.717, 1.165) is 37.3 Å². The predicted molar refractivity (Wildman–Crippen MR) is 78.2 cm³/mol. The summed E-state index contributed by atoms with van der Waals surface area (Å²) >= 11 is 2.79. The molecule has 0 saturated carbocycles. The van der Waals surface area contributed by atoms with Gasteiger partial charge in [0.05, 0.1) is 17.0 Å². The van der Waals surface area contributed by atoms with E-state index in [2.05, 4.69) is 22.1 Å². The van der Waals surface area contributed by atoms with Gasteiger partial charge in [-0.2, -0.15) is 0 Å². The number of thioether (sulfide) groups is 1. The lowest BCUT2D eigenvalue weighted by Crippen LogP contribution is -2.09. The normalized spacial score (nSPS) is 10.8. The van der Waals surface area contributed by atoms with Crippen LogP contribution in [-0.4, -0.2) is 36.6 Å². The lowest BCUT2D eigenvalue weighted by Gasteiger charge is -2.08. The van der Waals surface area contributed by atoms with Gasteiger partial charge in [-0.1, -0.05) is 18.7 Å². The van der Waals surface area contributed by atoms with Crippen molar-refractivity contribution in [3.63, 3.8) is 0 Å². The third-order valence-electron chi connectivity index (χ3n) is 2.67. The first-order valence-corrected chi connectivity index (χ1v) is 8.27. The van der Waals surface area contributed by atoms with Crippen LogP contribution in [0.5, 0.6) is 0 Å². The number of carboxylic acids is 1. The number of hydrogen-bond acceptors (Lipinski definition) is 6. The minimum absolute atomic E-state index is 0.000952. The monoisotopic (exact) mass is 312 g/mol. The van der Waals surface area contributed by atoms with Crippen molar-refractivity contribution in [3.05, 3.63) is 22.4 Å². The fraction of sp³-hybridized carbons (Fsp3) is 0.500. The highest BCUT2D eigenvalue weighted by Crippen LogP contribution is 2.18. The van der Waals surface area contributed by atoms with Crippen molar-refractivity contribution in [2.75, 3.05) is 5.75 Å². The Labute approximate surface area is 125 Å². The summed E-state index contributed by atoms with van der Waals surface area (Å²) in [5.41, 5.74) is 2.86. The second-order valence-electron chi connectivity index (χ2n) is 4.21. The van der Waals surface area contributed by atoms with E-state index in [1.807, 2.05) is 15.5 Å². The quantitative estimate of drug-likeness (QED) is 0.752. The smallest absolute Gasteiger partial charge is 0.313 e. The number of aromatic nitrogens is 4. The molecule has 0 radical (unpaired) electrons. The number of carbonyl (C=O) groups is 1. The lowest BCUT2D eigenvalue weighted by molar-refractivity contribution is -0.133. The van der Waals surface area contributed by atoms with Crippen LogP contribution in [0, 0.1) is 0 Å². The Balaban J connectivity index is 2.09. The molecule has 20 heavy (non-hydrogen) atoms. The predicted octanol–water partition coefficient (Wildman–Crippen LogP) is 2.11.